The van der Waals surface area contributed by atoms with E-state index in [0.29, 0.717) is 16.5 Å². The number of rotatable bonds is 3. The predicted octanol–water partition coefficient (Wildman–Crippen LogP) is 4.63. The van der Waals surface area contributed by atoms with Crippen molar-refractivity contribution in [1.29, 1.82) is 0 Å². The molecule has 0 saturated heterocycles. The molecule has 0 spiro atoms. The van der Waals surface area contributed by atoms with Crippen molar-refractivity contribution in [1.82, 2.24) is 5.32 Å². The number of hydrogen-bond acceptors (Lipinski definition) is 1. The third kappa shape index (κ3) is 3.09. The molecule has 1 aromatic rings. The minimum absolute atomic E-state index is 0.138. The lowest BCUT2D eigenvalue weighted by Gasteiger charge is -2.22. The van der Waals surface area contributed by atoms with Crippen molar-refractivity contribution in [2.75, 3.05) is 6.54 Å². The van der Waals surface area contributed by atoms with Crippen molar-refractivity contribution in [3.8, 4) is 0 Å². The van der Waals surface area contributed by atoms with Gasteiger partial charge < -0.3 is 5.32 Å². The van der Waals surface area contributed by atoms with E-state index in [-0.39, 0.29) is 6.04 Å². The van der Waals surface area contributed by atoms with E-state index in [4.69, 9.17) is 11.6 Å². The summed E-state index contributed by atoms with van der Waals surface area (Å²) in [7, 11) is 0. The lowest BCUT2D eigenvalue weighted by molar-refractivity contribution is 0.394. The van der Waals surface area contributed by atoms with Crippen LogP contribution >= 0.6 is 11.6 Å². The quantitative estimate of drug-likeness (QED) is 0.631. The Morgan fingerprint density at radius 3 is 2.84 bits per heavy atom. The lowest BCUT2D eigenvalue weighted by atomic mass is 9.96. The molecule has 0 fully saturated rings. The van der Waals surface area contributed by atoms with Gasteiger partial charge in [-0.1, -0.05) is 25.4 Å². The van der Waals surface area contributed by atoms with Gasteiger partial charge in [0, 0.05) is 16.6 Å². The Labute approximate surface area is 118 Å². The molecule has 0 radical (unpaired) electrons. The molecule has 1 aliphatic rings. The second-order valence-electron chi connectivity index (χ2n) is 5.43. The fraction of sp³-hybridized carbons (Fsp3) is 0.600. The third-order valence-corrected chi connectivity index (χ3v) is 4.16. The van der Waals surface area contributed by atoms with E-state index >= 15 is 0 Å². The highest BCUT2D eigenvalue weighted by Crippen LogP contribution is 2.37. The van der Waals surface area contributed by atoms with E-state index in [1.807, 2.05) is 0 Å². The summed E-state index contributed by atoms with van der Waals surface area (Å²) >= 11 is 6.10. The van der Waals surface area contributed by atoms with Crippen molar-refractivity contribution in [3.05, 3.63) is 33.9 Å². The van der Waals surface area contributed by atoms with E-state index in [1.165, 1.54) is 0 Å². The van der Waals surface area contributed by atoms with Crippen molar-refractivity contribution in [2.45, 2.75) is 45.6 Å². The smallest absolute Gasteiger partial charge is 0.163 e. The first kappa shape index (κ1) is 14.7. The van der Waals surface area contributed by atoms with Crippen LogP contribution in [0.3, 0.4) is 0 Å². The van der Waals surface area contributed by atoms with Gasteiger partial charge in [0.1, 0.15) is 0 Å². The molecule has 106 valence electrons. The van der Waals surface area contributed by atoms with Crippen LogP contribution < -0.4 is 5.32 Å². The molecule has 0 heterocycles. The average Bonchev–Trinajstić information content (AvgIpc) is 2.53. The van der Waals surface area contributed by atoms with Crippen molar-refractivity contribution < 1.29 is 8.78 Å². The zero-order valence-corrected chi connectivity index (χ0v) is 12.2. The van der Waals surface area contributed by atoms with Crippen LogP contribution in [0.15, 0.2) is 6.07 Å². The van der Waals surface area contributed by atoms with Crippen LogP contribution in [-0.4, -0.2) is 6.54 Å². The molecule has 1 N–H and O–H groups in total. The number of hydrogen-bond donors (Lipinski definition) is 1. The Kier molecular flexibility index (Phi) is 4.80. The lowest BCUT2D eigenvalue weighted by Crippen LogP contribution is -2.25. The summed E-state index contributed by atoms with van der Waals surface area (Å²) in [6.45, 7) is 5.00. The predicted molar refractivity (Wildman–Crippen MR) is 74.5 cm³/mol. The van der Waals surface area contributed by atoms with E-state index in [9.17, 15) is 8.78 Å². The highest BCUT2D eigenvalue weighted by atomic mass is 35.5. The molecule has 1 nitrogen and oxygen atoms in total. The molecule has 0 amide bonds. The molecule has 2 unspecified atom stereocenters. The first-order chi connectivity index (χ1) is 9.04. The SMILES string of the molecule is CCCNC1CC(C)CCc2c(Cl)cc(F)c(F)c21. The van der Waals surface area contributed by atoms with Crippen LogP contribution in [0.5, 0.6) is 0 Å². The summed E-state index contributed by atoms with van der Waals surface area (Å²) < 4.78 is 27.8. The van der Waals surface area contributed by atoms with Gasteiger partial charge in [0.25, 0.3) is 0 Å². The zero-order valence-electron chi connectivity index (χ0n) is 11.4. The van der Waals surface area contributed by atoms with Gasteiger partial charge in [0.15, 0.2) is 11.6 Å². The van der Waals surface area contributed by atoms with Crippen LogP contribution in [0, 0.1) is 17.6 Å². The molecule has 1 aliphatic carbocycles. The van der Waals surface area contributed by atoms with Gasteiger partial charge >= 0.3 is 0 Å². The second kappa shape index (κ2) is 6.19. The number of nitrogens with one attached hydrogen (secondary N) is 1. The molecule has 1 aromatic carbocycles. The summed E-state index contributed by atoms with van der Waals surface area (Å²) in [5.41, 5.74) is 1.22. The highest BCUT2D eigenvalue weighted by molar-refractivity contribution is 6.31. The first-order valence-electron chi connectivity index (χ1n) is 6.94. The minimum atomic E-state index is -0.846. The van der Waals surface area contributed by atoms with Gasteiger partial charge in [-0.3, -0.25) is 0 Å². The van der Waals surface area contributed by atoms with Crippen LogP contribution in [0.25, 0.3) is 0 Å². The maximum absolute atomic E-state index is 14.2. The molecule has 0 aliphatic heterocycles. The van der Waals surface area contributed by atoms with Crippen molar-refractivity contribution in [2.24, 2.45) is 5.92 Å². The van der Waals surface area contributed by atoms with E-state index in [2.05, 4.69) is 19.2 Å². The summed E-state index contributed by atoms with van der Waals surface area (Å²) in [5, 5.41) is 3.68. The van der Waals surface area contributed by atoms with Gasteiger partial charge in [-0.25, -0.2) is 8.78 Å². The molecule has 4 heteroatoms. The van der Waals surface area contributed by atoms with E-state index < -0.39 is 11.6 Å². The number of benzene rings is 1. The monoisotopic (exact) mass is 287 g/mol. The van der Waals surface area contributed by atoms with Crippen LogP contribution in [0.2, 0.25) is 5.02 Å². The van der Waals surface area contributed by atoms with Gasteiger partial charge in [-0.05, 0) is 49.8 Å². The standard InChI is InChI=1S/C15H20ClF2N/c1-3-6-19-13-7-9(2)4-5-10-11(16)8-12(17)15(18)14(10)13/h8-9,13,19H,3-7H2,1-2H3. The molecule has 19 heavy (non-hydrogen) atoms. The normalized spacial score (nSPS) is 23.0. The highest BCUT2D eigenvalue weighted by Gasteiger charge is 2.28. The molecular formula is C15H20ClF2N. The van der Waals surface area contributed by atoms with E-state index in [0.717, 1.165) is 43.9 Å². The number of halogens is 3. The molecule has 0 bridgehead atoms. The van der Waals surface area contributed by atoms with Gasteiger partial charge in [0.05, 0.1) is 0 Å². The fourth-order valence-corrected chi connectivity index (χ4v) is 3.09. The van der Waals surface area contributed by atoms with Crippen molar-refractivity contribution in [3.63, 3.8) is 0 Å². The first-order valence-corrected chi connectivity index (χ1v) is 7.32. The topological polar surface area (TPSA) is 12.0 Å². The Bertz CT molecular complexity index is 462. The summed E-state index contributed by atoms with van der Waals surface area (Å²) in [6.07, 6.45) is 3.47. The summed E-state index contributed by atoms with van der Waals surface area (Å²) in [5.74, 6) is -1.11. The average molecular weight is 288 g/mol. The Hall–Kier alpha value is -0.670. The van der Waals surface area contributed by atoms with Gasteiger partial charge in [-0.15, -0.1) is 0 Å². The summed E-state index contributed by atoms with van der Waals surface area (Å²) in [6, 6.07) is 0.962. The molecule has 0 aromatic heterocycles. The summed E-state index contributed by atoms with van der Waals surface area (Å²) in [4.78, 5) is 0. The zero-order chi connectivity index (χ0) is 14.0. The third-order valence-electron chi connectivity index (χ3n) is 3.83. The Morgan fingerprint density at radius 2 is 2.16 bits per heavy atom. The van der Waals surface area contributed by atoms with Gasteiger partial charge in [-0.2, -0.15) is 0 Å². The fourth-order valence-electron chi connectivity index (χ4n) is 2.80. The second-order valence-corrected chi connectivity index (χ2v) is 5.84. The van der Waals surface area contributed by atoms with Crippen LogP contribution in [0.4, 0.5) is 8.78 Å². The largest absolute Gasteiger partial charge is 0.310 e. The van der Waals surface area contributed by atoms with E-state index in [1.54, 1.807) is 0 Å². The maximum Gasteiger partial charge on any atom is 0.163 e. The Balaban J connectivity index is 2.47. The molecule has 2 atom stereocenters. The number of fused-ring (bicyclic) bond motifs is 1. The molecular weight excluding hydrogens is 268 g/mol. The van der Waals surface area contributed by atoms with Gasteiger partial charge in [0.2, 0.25) is 0 Å². The maximum atomic E-state index is 14.2. The van der Waals surface area contributed by atoms with Crippen LogP contribution in [-0.2, 0) is 6.42 Å². The Morgan fingerprint density at radius 1 is 1.42 bits per heavy atom. The molecule has 2 rings (SSSR count). The van der Waals surface area contributed by atoms with Crippen molar-refractivity contribution >= 4 is 11.6 Å². The van der Waals surface area contributed by atoms with Crippen LogP contribution in [0.1, 0.15) is 50.3 Å². The molecule has 0 saturated carbocycles. The minimum Gasteiger partial charge on any atom is -0.310 e.